The van der Waals surface area contributed by atoms with Gasteiger partial charge in [-0.3, -0.25) is 9.69 Å². The van der Waals surface area contributed by atoms with Gasteiger partial charge in [-0.25, -0.2) is 5.43 Å². The Morgan fingerprint density at radius 1 is 1.06 bits per heavy atom. The molecule has 1 aromatic rings. The molecule has 2 heterocycles. The smallest absolute Gasteiger partial charge is 0.133 e. The third-order valence-corrected chi connectivity index (χ3v) is 8.74. The lowest BCUT2D eigenvalue weighted by Crippen LogP contribution is -2.64. The number of rotatable bonds is 7. The molecule has 2 saturated heterocycles. The highest BCUT2D eigenvalue weighted by molar-refractivity contribution is 5.81. The quantitative estimate of drug-likeness (QED) is 0.706. The van der Waals surface area contributed by atoms with Crippen molar-refractivity contribution in [3.05, 3.63) is 29.8 Å². The number of nitrogens with zero attached hydrogens (tertiary/aromatic N) is 2. The van der Waals surface area contributed by atoms with Crippen LogP contribution in [0.15, 0.2) is 24.3 Å². The third-order valence-electron chi connectivity index (χ3n) is 8.74. The SMILES string of the molecule is CC1NN(c2ccc(CN(CC3CC3)CC3CC3)cc2)C23CCNCC2CC(=O)CC13. The van der Waals surface area contributed by atoms with Crippen molar-refractivity contribution in [2.24, 2.45) is 23.7 Å². The molecule has 0 amide bonds. The molecule has 168 valence electrons. The normalized spacial score (nSPS) is 35.4. The average molecular weight is 423 g/mol. The highest BCUT2D eigenvalue weighted by atomic mass is 16.1. The number of ketones is 1. The number of hydrogen-bond acceptors (Lipinski definition) is 5. The molecule has 5 heteroatoms. The first kappa shape index (κ1) is 20.2. The predicted molar refractivity (Wildman–Crippen MR) is 124 cm³/mol. The Hall–Kier alpha value is -1.43. The standard InChI is InChI=1S/C26H38N4O/c1-18-25-13-24(31)12-22-14-27-11-10-26(22,25)30(28-18)23-8-6-21(7-9-23)17-29(15-19-2-3-19)16-20-4-5-20/h6-9,18-20,22,25,27-28H,2-5,10-17H2,1H3. The summed E-state index contributed by atoms with van der Waals surface area (Å²) in [6.45, 7) is 7.94. The molecule has 4 unspecified atom stereocenters. The van der Waals surface area contributed by atoms with E-state index in [9.17, 15) is 4.79 Å². The van der Waals surface area contributed by atoms with E-state index < -0.39 is 0 Å². The van der Waals surface area contributed by atoms with Crippen molar-refractivity contribution in [2.75, 3.05) is 31.2 Å². The summed E-state index contributed by atoms with van der Waals surface area (Å²) >= 11 is 0. The molecule has 2 N–H and O–H groups in total. The van der Waals surface area contributed by atoms with Gasteiger partial charge in [-0.1, -0.05) is 12.1 Å². The zero-order valence-corrected chi connectivity index (χ0v) is 19.0. The van der Waals surface area contributed by atoms with Gasteiger partial charge in [0.15, 0.2) is 0 Å². The fraction of sp³-hybridized carbons (Fsp3) is 0.731. The van der Waals surface area contributed by atoms with Crippen LogP contribution < -0.4 is 15.8 Å². The lowest BCUT2D eigenvalue weighted by molar-refractivity contribution is -0.125. The molecule has 31 heavy (non-hydrogen) atoms. The number of nitrogens with one attached hydrogen (secondary N) is 2. The molecule has 1 aromatic carbocycles. The summed E-state index contributed by atoms with van der Waals surface area (Å²) < 4.78 is 0. The Morgan fingerprint density at radius 3 is 2.45 bits per heavy atom. The van der Waals surface area contributed by atoms with Crippen LogP contribution in [0.25, 0.3) is 0 Å². The maximum atomic E-state index is 12.5. The number of hydrogen-bond donors (Lipinski definition) is 2. The summed E-state index contributed by atoms with van der Waals surface area (Å²) in [4.78, 5) is 15.2. The lowest BCUT2D eigenvalue weighted by atomic mass is 9.61. The molecule has 1 spiro atoms. The molecule has 4 atom stereocenters. The molecule has 0 radical (unpaired) electrons. The molecule has 5 fully saturated rings. The minimum Gasteiger partial charge on any atom is -0.316 e. The van der Waals surface area contributed by atoms with Gasteiger partial charge in [0, 0.05) is 56.9 Å². The number of anilines is 1. The van der Waals surface area contributed by atoms with Gasteiger partial charge in [0.25, 0.3) is 0 Å². The summed E-state index contributed by atoms with van der Waals surface area (Å²) in [7, 11) is 0. The fourth-order valence-corrected chi connectivity index (χ4v) is 6.80. The first-order valence-electron chi connectivity index (χ1n) is 12.7. The van der Waals surface area contributed by atoms with E-state index in [1.165, 1.54) is 50.0 Å². The summed E-state index contributed by atoms with van der Waals surface area (Å²) in [5, 5.41) is 6.04. The largest absolute Gasteiger partial charge is 0.316 e. The third kappa shape index (κ3) is 3.83. The molecule has 3 aliphatic carbocycles. The first-order valence-corrected chi connectivity index (χ1v) is 12.7. The van der Waals surface area contributed by atoms with Crippen LogP contribution >= 0.6 is 0 Å². The van der Waals surface area contributed by atoms with E-state index in [1.54, 1.807) is 0 Å². The summed E-state index contributed by atoms with van der Waals surface area (Å²) in [5.74, 6) is 3.17. The van der Waals surface area contributed by atoms with E-state index in [0.717, 1.165) is 50.7 Å². The van der Waals surface area contributed by atoms with Gasteiger partial charge in [0.2, 0.25) is 0 Å². The van der Waals surface area contributed by atoms with E-state index in [4.69, 9.17) is 0 Å². The Bertz CT molecular complexity index is 803. The first-order chi connectivity index (χ1) is 15.1. The maximum absolute atomic E-state index is 12.5. The lowest BCUT2D eigenvalue weighted by Gasteiger charge is -2.53. The molecule has 2 aliphatic heterocycles. The van der Waals surface area contributed by atoms with Crippen molar-refractivity contribution in [2.45, 2.75) is 70.0 Å². The maximum Gasteiger partial charge on any atom is 0.133 e. The average Bonchev–Trinajstić information content (AvgIpc) is 3.69. The predicted octanol–water partition coefficient (Wildman–Crippen LogP) is 3.35. The molecule has 6 rings (SSSR count). The van der Waals surface area contributed by atoms with Crippen LogP contribution in [-0.4, -0.2) is 48.4 Å². The highest BCUT2D eigenvalue weighted by Crippen LogP contribution is 2.50. The van der Waals surface area contributed by atoms with Crippen molar-refractivity contribution < 1.29 is 4.79 Å². The van der Waals surface area contributed by atoms with E-state index in [-0.39, 0.29) is 5.54 Å². The van der Waals surface area contributed by atoms with Crippen molar-refractivity contribution in [3.8, 4) is 0 Å². The van der Waals surface area contributed by atoms with Crippen LogP contribution in [0.2, 0.25) is 0 Å². The molecular weight excluding hydrogens is 384 g/mol. The molecule has 5 aliphatic rings. The van der Waals surface area contributed by atoms with Crippen molar-refractivity contribution >= 4 is 11.5 Å². The van der Waals surface area contributed by atoms with E-state index in [1.807, 2.05) is 0 Å². The number of carbonyl (C=O) groups is 1. The summed E-state index contributed by atoms with van der Waals surface area (Å²) in [6.07, 6.45) is 8.30. The number of piperidine rings is 1. The van der Waals surface area contributed by atoms with Crippen LogP contribution in [0.4, 0.5) is 5.69 Å². The fourth-order valence-electron chi connectivity index (χ4n) is 6.80. The second kappa shape index (κ2) is 7.86. The zero-order chi connectivity index (χ0) is 21.0. The summed E-state index contributed by atoms with van der Waals surface area (Å²) in [6, 6.07) is 9.70. The van der Waals surface area contributed by atoms with Crippen molar-refractivity contribution in [1.82, 2.24) is 15.6 Å². The highest BCUT2D eigenvalue weighted by Gasteiger charge is 2.60. The second-order valence-electron chi connectivity index (χ2n) is 11.2. The number of Topliss-reactive ketones (excluding diaryl/α,β-unsaturated/α-hetero) is 1. The van der Waals surface area contributed by atoms with Crippen molar-refractivity contribution in [3.63, 3.8) is 0 Å². The molecular formula is C26H38N4O. The zero-order valence-electron chi connectivity index (χ0n) is 19.0. The van der Waals surface area contributed by atoms with Crippen molar-refractivity contribution in [1.29, 1.82) is 0 Å². The van der Waals surface area contributed by atoms with Gasteiger partial charge in [-0.15, -0.1) is 0 Å². The number of hydrazine groups is 1. The van der Waals surface area contributed by atoms with Gasteiger partial charge in [-0.05, 0) is 75.1 Å². The number of carbonyl (C=O) groups excluding carboxylic acids is 1. The van der Waals surface area contributed by atoms with E-state index in [2.05, 4.69) is 51.8 Å². The molecule has 0 aromatic heterocycles. The van der Waals surface area contributed by atoms with Gasteiger partial charge in [0.1, 0.15) is 5.78 Å². The Labute approximate surface area is 186 Å². The minimum atomic E-state index is 0.0735. The van der Waals surface area contributed by atoms with Gasteiger partial charge >= 0.3 is 0 Å². The topological polar surface area (TPSA) is 47.6 Å². The van der Waals surface area contributed by atoms with Gasteiger partial charge < -0.3 is 10.3 Å². The monoisotopic (exact) mass is 422 g/mol. The van der Waals surface area contributed by atoms with Crippen LogP contribution in [0, 0.1) is 23.7 Å². The van der Waals surface area contributed by atoms with Crippen LogP contribution in [-0.2, 0) is 11.3 Å². The van der Waals surface area contributed by atoms with Gasteiger partial charge in [0.05, 0.1) is 11.2 Å². The molecule has 3 saturated carbocycles. The number of benzene rings is 1. The van der Waals surface area contributed by atoms with Crippen LogP contribution in [0.1, 0.15) is 57.4 Å². The Kier molecular flexibility index (Phi) is 5.12. The van der Waals surface area contributed by atoms with Crippen LogP contribution in [0.5, 0.6) is 0 Å². The van der Waals surface area contributed by atoms with E-state index >= 15 is 0 Å². The summed E-state index contributed by atoms with van der Waals surface area (Å²) in [5.41, 5.74) is 6.58. The minimum absolute atomic E-state index is 0.0735. The van der Waals surface area contributed by atoms with E-state index in [0.29, 0.717) is 23.7 Å². The Balaban J connectivity index is 1.22. The molecule has 0 bridgehead atoms. The molecule has 5 nitrogen and oxygen atoms in total. The van der Waals surface area contributed by atoms with Gasteiger partial charge in [-0.2, -0.15) is 0 Å². The Morgan fingerprint density at radius 2 is 1.77 bits per heavy atom. The second-order valence-corrected chi connectivity index (χ2v) is 11.2. The van der Waals surface area contributed by atoms with Crippen LogP contribution in [0.3, 0.4) is 0 Å².